The zero-order valence-electron chi connectivity index (χ0n) is 13.6. The molecule has 1 saturated heterocycles. The second-order valence-corrected chi connectivity index (χ2v) is 6.18. The number of carbonyl (C=O) groups is 1. The first-order valence-corrected chi connectivity index (χ1v) is 7.98. The lowest BCUT2D eigenvalue weighted by molar-refractivity contribution is -0.133. The van der Waals surface area contributed by atoms with Crippen molar-refractivity contribution in [3.8, 4) is 0 Å². The molecule has 1 fully saturated rings. The number of hydrogen-bond acceptors (Lipinski definition) is 4. The molecule has 0 aromatic rings. The van der Waals surface area contributed by atoms with Gasteiger partial charge in [-0.1, -0.05) is 32.3 Å². The predicted molar refractivity (Wildman–Crippen MR) is 84.3 cm³/mol. The summed E-state index contributed by atoms with van der Waals surface area (Å²) in [5.74, 6) is 1.08. The number of hydrogen-bond donors (Lipinski definition) is 2. The molecule has 1 amide bonds. The van der Waals surface area contributed by atoms with Crippen LogP contribution in [0.4, 0.5) is 0 Å². The first-order chi connectivity index (χ1) is 9.99. The Morgan fingerprint density at radius 1 is 1.24 bits per heavy atom. The number of rotatable bonds is 7. The van der Waals surface area contributed by atoms with E-state index in [1.165, 1.54) is 0 Å². The Balaban J connectivity index is 2.48. The number of carbonyl (C=O) groups excluding carboxylic acids is 1. The first kappa shape index (κ1) is 17.8. The molecule has 0 aromatic heterocycles. The smallest absolute Gasteiger partial charge is 0.222 e. The fraction of sp³-hybridized carbons (Fsp3) is 0.867. The SMILES string of the molecule is CCCC(C(N)=NO)N1CCN(C(=O)CCC(C)C)CC1. The van der Waals surface area contributed by atoms with Gasteiger partial charge in [0.1, 0.15) is 0 Å². The van der Waals surface area contributed by atoms with Gasteiger partial charge in [0.05, 0.1) is 6.04 Å². The van der Waals surface area contributed by atoms with Crippen molar-refractivity contribution in [2.75, 3.05) is 26.2 Å². The Morgan fingerprint density at radius 2 is 1.86 bits per heavy atom. The second kappa shape index (κ2) is 8.87. The van der Waals surface area contributed by atoms with Gasteiger partial charge in [-0.3, -0.25) is 9.69 Å². The molecule has 21 heavy (non-hydrogen) atoms. The number of amidine groups is 1. The van der Waals surface area contributed by atoms with Gasteiger partial charge in [-0.05, 0) is 18.8 Å². The molecule has 6 nitrogen and oxygen atoms in total. The van der Waals surface area contributed by atoms with Gasteiger partial charge in [-0.2, -0.15) is 0 Å². The van der Waals surface area contributed by atoms with E-state index in [2.05, 4.69) is 30.8 Å². The third-order valence-electron chi connectivity index (χ3n) is 4.06. The lowest BCUT2D eigenvalue weighted by Crippen LogP contribution is -2.55. The zero-order valence-corrected chi connectivity index (χ0v) is 13.6. The van der Waals surface area contributed by atoms with Crippen molar-refractivity contribution in [2.24, 2.45) is 16.8 Å². The van der Waals surface area contributed by atoms with Crippen LogP contribution in [0.3, 0.4) is 0 Å². The molecular weight excluding hydrogens is 268 g/mol. The molecule has 0 aliphatic carbocycles. The van der Waals surface area contributed by atoms with E-state index in [-0.39, 0.29) is 17.8 Å². The van der Waals surface area contributed by atoms with Crippen molar-refractivity contribution in [1.82, 2.24) is 9.80 Å². The van der Waals surface area contributed by atoms with Gasteiger partial charge in [0.25, 0.3) is 0 Å². The van der Waals surface area contributed by atoms with Gasteiger partial charge < -0.3 is 15.8 Å². The highest BCUT2D eigenvalue weighted by molar-refractivity contribution is 5.85. The highest BCUT2D eigenvalue weighted by atomic mass is 16.4. The van der Waals surface area contributed by atoms with Gasteiger partial charge in [-0.15, -0.1) is 0 Å². The molecule has 1 heterocycles. The molecule has 3 N–H and O–H groups in total. The summed E-state index contributed by atoms with van der Waals surface area (Å²) in [5.41, 5.74) is 5.79. The summed E-state index contributed by atoms with van der Waals surface area (Å²) in [6.07, 6.45) is 3.43. The maximum atomic E-state index is 12.1. The molecular formula is C15H30N4O2. The monoisotopic (exact) mass is 298 g/mol. The van der Waals surface area contributed by atoms with Crippen LogP contribution in [0.25, 0.3) is 0 Å². The van der Waals surface area contributed by atoms with E-state index in [4.69, 9.17) is 10.9 Å². The van der Waals surface area contributed by atoms with Crippen molar-refractivity contribution in [1.29, 1.82) is 0 Å². The van der Waals surface area contributed by atoms with Gasteiger partial charge in [0.15, 0.2) is 5.84 Å². The van der Waals surface area contributed by atoms with E-state index in [1.54, 1.807) is 0 Å². The van der Waals surface area contributed by atoms with Crippen LogP contribution in [-0.4, -0.2) is 59.0 Å². The Labute approximate surface area is 128 Å². The zero-order chi connectivity index (χ0) is 15.8. The second-order valence-electron chi connectivity index (χ2n) is 6.18. The summed E-state index contributed by atoms with van der Waals surface area (Å²) in [6.45, 7) is 9.40. The molecule has 0 radical (unpaired) electrons. The quantitative estimate of drug-likeness (QED) is 0.323. The minimum absolute atomic E-state index is 0.0204. The van der Waals surface area contributed by atoms with Crippen LogP contribution >= 0.6 is 0 Å². The van der Waals surface area contributed by atoms with E-state index >= 15 is 0 Å². The van der Waals surface area contributed by atoms with Crippen LogP contribution in [-0.2, 0) is 4.79 Å². The number of nitrogens with two attached hydrogens (primary N) is 1. The molecule has 1 aliphatic heterocycles. The molecule has 1 atom stereocenters. The molecule has 0 saturated carbocycles. The molecule has 1 rings (SSSR count). The Bertz CT molecular complexity index is 350. The van der Waals surface area contributed by atoms with Gasteiger partial charge in [-0.25, -0.2) is 0 Å². The Hall–Kier alpha value is -1.30. The standard InChI is InChI=1S/C15H30N4O2/c1-4-5-13(15(16)17-21)18-8-10-19(11-9-18)14(20)7-6-12(2)3/h12-13,21H,4-11H2,1-3H3,(H2,16,17). The third-order valence-corrected chi connectivity index (χ3v) is 4.06. The van der Waals surface area contributed by atoms with Crippen LogP contribution in [0.1, 0.15) is 46.5 Å². The Kier molecular flexibility index (Phi) is 7.50. The third kappa shape index (κ3) is 5.53. The minimum Gasteiger partial charge on any atom is -0.409 e. The highest BCUT2D eigenvalue weighted by Crippen LogP contribution is 2.13. The van der Waals surface area contributed by atoms with Crippen molar-refractivity contribution >= 4 is 11.7 Å². The van der Waals surface area contributed by atoms with Gasteiger partial charge in [0.2, 0.25) is 5.91 Å². The van der Waals surface area contributed by atoms with Crippen molar-refractivity contribution in [2.45, 2.75) is 52.5 Å². The maximum absolute atomic E-state index is 12.1. The molecule has 0 spiro atoms. The highest BCUT2D eigenvalue weighted by Gasteiger charge is 2.27. The minimum atomic E-state index is -0.0204. The fourth-order valence-corrected chi connectivity index (χ4v) is 2.71. The lowest BCUT2D eigenvalue weighted by Gasteiger charge is -2.38. The predicted octanol–water partition coefficient (Wildman–Crippen LogP) is 1.48. The van der Waals surface area contributed by atoms with Crippen LogP contribution < -0.4 is 5.73 Å². The molecule has 1 unspecified atom stereocenters. The van der Waals surface area contributed by atoms with E-state index in [1.807, 2.05) is 4.90 Å². The number of nitrogens with zero attached hydrogens (tertiary/aromatic N) is 3. The first-order valence-electron chi connectivity index (χ1n) is 7.98. The molecule has 0 aromatic carbocycles. The van der Waals surface area contributed by atoms with E-state index in [0.717, 1.165) is 45.4 Å². The average Bonchev–Trinajstić information content (AvgIpc) is 2.49. The largest absolute Gasteiger partial charge is 0.409 e. The summed E-state index contributed by atoms with van der Waals surface area (Å²) in [4.78, 5) is 16.3. The fourth-order valence-electron chi connectivity index (χ4n) is 2.71. The molecule has 6 heteroatoms. The number of amides is 1. The lowest BCUT2D eigenvalue weighted by atomic mass is 10.1. The molecule has 122 valence electrons. The topological polar surface area (TPSA) is 82.2 Å². The van der Waals surface area contributed by atoms with Gasteiger partial charge >= 0.3 is 0 Å². The average molecular weight is 298 g/mol. The van der Waals surface area contributed by atoms with Crippen molar-refractivity contribution < 1.29 is 10.0 Å². The van der Waals surface area contributed by atoms with E-state index < -0.39 is 0 Å². The van der Waals surface area contributed by atoms with Crippen LogP contribution in [0.5, 0.6) is 0 Å². The maximum Gasteiger partial charge on any atom is 0.222 e. The number of piperazine rings is 1. The number of oxime groups is 1. The molecule has 1 aliphatic rings. The summed E-state index contributed by atoms with van der Waals surface area (Å²) < 4.78 is 0. The summed E-state index contributed by atoms with van der Waals surface area (Å²) >= 11 is 0. The van der Waals surface area contributed by atoms with Crippen LogP contribution in [0.15, 0.2) is 5.16 Å². The normalized spacial score (nSPS) is 19.0. The Morgan fingerprint density at radius 3 is 2.33 bits per heavy atom. The summed E-state index contributed by atoms with van der Waals surface area (Å²) in [7, 11) is 0. The van der Waals surface area contributed by atoms with E-state index in [0.29, 0.717) is 12.3 Å². The van der Waals surface area contributed by atoms with Crippen LogP contribution in [0.2, 0.25) is 0 Å². The van der Waals surface area contributed by atoms with Gasteiger partial charge in [0, 0.05) is 32.6 Å². The summed E-state index contributed by atoms with van der Waals surface area (Å²) in [5, 5.41) is 12.1. The van der Waals surface area contributed by atoms with Crippen molar-refractivity contribution in [3.63, 3.8) is 0 Å². The summed E-state index contributed by atoms with van der Waals surface area (Å²) in [6, 6.07) is -0.0204. The van der Waals surface area contributed by atoms with Crippen LogP contribution in [0, 0.1) is 5.92 Å². The van der Waals surface area contributed by atoms with Crippen molar-refractivity contribution in [3.05, 3.63) is 0 Å². The molecule has 0 bridgehead atoms. The van der Waals surface area contributed by atoms with E-state index in [9.17, 15) is 4.79 Å².